The van der Waals surface area contributed by atoms with E-state index in [1.807, 2.05) is 48.5 Å². The predicted molar refractivity (Wildman–Crippen MR) is 122 cm³/mol. The van der Waals surface area contributed by atoms with Crippen LogP contribution < -0.4 is 9.83 Å². The van der Waals surface area contributed by atoms with Gasteiger partial charge in [-0.25, -0.2) is 0 Å². The smallest absolute Gasteiger partial charge is 0.135 e. The van der Waals surface area contributed by atoms with Crippen molar-refractivity contribution in [1.82, 2.24) is 0 Å². The lowest BCUT2D eigenvalue weighted by atomic mass is 9.91. The van der Waals surface area contributed by atoms with E-state index in [2.05, 4.69) is 37.3 Å². The molecule has 5 rings (SSSR count). The molecule has 2 N–H and O–H groups in total. The van der Waals surface area contributed by atoms with E-state index in [1.54, 1.807) is 12.1 Å². The van der Waals surface area contributed by atoms with Crippen LogP contribution in [0.25, 0.3) is 11.1 Å². The topological polar surface area (TPSA) is 49.7 Å². The maximum Gasteiger partial charge on any atom is 0.135 e. The molecule has 4 heteroatoms. The van der Waals surface area contributed by atoms with E-state index in [0.29, 0.717) is 0 Å². The second-order valence-electron chi connectivity index (χ2n) is 7.54. The largest absolute Gasteiger partial charge is 0.508 e. The van der Waals surface area contributed by atoms with Gasteiger partial charge in [-0.1, -0.05) is 78.9 Å². The molecule has 0 spiro atoms. The third kappa shape index (κ3) is 2.86. The Balaban J connectivity index is 1.79. The second-order valence-corrected chi connectivity index (χ2v) is 9.69. The fourth-order valence-corrected chi connectivity index (χ4v) is 6.75. The van der Waals surface area contributed by atoms with Crippen LogP contribution in [0.1, 0.15) is 18.1 Å². The summed E-state index contributed by atoms with van der Waals surface area (Å²) in [5.74, 6) is 0.946. The molecule has 0 bridgehead atoms. The maximum atomic E-state index is 10.9. The molecule has 0 aromatic heterocycles. The molecule has 1 heterocycles. The molecule has 0 saturated carbocycles. The second kappa shape index (κ2) is 7.19. The van der Waals surface area contributed by atoms with E-state index in [9.17, 15) is 10.2 Å². The highest BCUT2D eigenvalue weighted by Gasteiger charge is 2.46. The number of phenols is 2. The number of fused-ring (bicyclic) bond motifs is 3. The lowest BCUT2D eigenvalue weighted by Crippen LogP contribution is -2.31. The average molecular weight is 412 g/mol. The molecule has 3 nitrogen and oxygen atoms in total. The van der Waals surface area contributed by atoms with Crippen LogP contribution in [-0.2, 0) is 5.16 Å². The third-order valence-electron chi connectivity index (χ3n) is 5.74. The lowest BCUT2D eigenvalue weighted by molar-refractivity contribution is 0.441. The van der Waals surface area contributed by atoms with Gasteiger partial charge in [0.1, 0.15) is 25.4 Å². The van der Waals surface area contributed by atoms with Gasteiger partial charge in [0.15, 0.2) is 0 Å². The summed E-state index contributed by atoms with van der Waals surface area (Å²) < 4.78 is 6.71. The number of aromatic hydroxyl groups is 2. The van der Waals surface area contributed by atoms with E-state index in [0.717, 1.165) is 33.3 Å². The zero-order valence-electron chi connectivity index (χ0n) is 16.5. The Morgan fingerprint density at radius 1 is 0.733 bits per heavy atom. The van der Waals surface area contributed by atoms with Crippen LogP contribution in [0.15, 0.2) is 97.1 Å². The monoisotopic (exact) mass is 412 g/mol. The van der Waals surface area contributed by atoms with E-state index >= 15 is 0 Å². The van der Waals surface area contributed by atoms with Crippen molar-refractivity contribution >= 4 is 13.5 Å². The van der Waals surface area contributed by atoms with Gasteiger partial charge in [0.05, 0.1) is 5.16 Å². The zero-order chi connectivity index (χ0) is 20.7. The molecular weight excluding hydrogens is 391 g/mol. The van der Waals surface area contributed by atoms with Gasteiger partial charge in [0.25, 0.3) is 0 Å². The Kier molecular flexibility index (Phi) is 4.49. The molecule has 0 saturated heterocycles. The first kappa shape index (κ1) is 18.7. The van der Waals surface area contributed by atoms with Crippen molar-refractivity contribution < 1.29 is 14.7 Å². The average Bonchev–Trinajstić information content (AvgIpc) is 2.78. The molecule has 0 fully saturated rings. The van der Waals surface area contributed by atoms with E-state index in [4.69, 9.17) is 4.52 Å². The van der Waals surface area contributed by atoms with Crippen LogP contribution in [0, 0.1) is 0 Å². The molecule has 0 radical (unpaired) electrons. The van der Waals surface area contributed by atoms with Gasteiger partial charge in [-0.2, -0.15) is 0 Å². The maximum absolute atomic E-state index is 10.9. The number of rotatable bonds is 3. The Hall–Kier alpha value is -3.29. The summed E-state index contributed by atoms with van der Waals surface area (Å²) in [5.41, 5.74) is 4.01. The molecule has 4 aromatic rings. The van der Waals surface area contributed by atoms with Crippen LogP contribution >= 0.6 is 8.15 Å². The summed E-state index contributed by atoms with van der Waals surface area (Å²) in [4.78, 5) is 0. The third-order valence-corrected chi connectivity index (χ3v) is 8.26. The van der Waals surface area contributed by atoms with Gasteiger partial charge in [-0.05, 0) is 30.2 Å². The fraction of sp³-hybridized carbons (Fsp3) is 0.0769. The normalized spacial score (nSPS) is 16.6. The highest BCUT2D eigenvalue weighted by atomic mass is 31.1. The summed E-state index contributed by atoms with van der Waals surface area (Å²) in [6.45, 7) is 2.12. The molecule has 0 amide bonds. The minimum absolute atomic E-state index is 0.0368. The number of phenolic OH excluding ortho intramolecular Hbond substituents is 2. The highest BCUT2D eigenvalue weighted by molar-refractivity contribution is 7.63. The number of benzene rings is 4. The molecule has 4 aromatic carbocycles. The minimum Gasteiger partial charge on any atom is -0.508 e. The first-order valence-electron chi connectivity index (χ1n) is 9.83. The summed E-state index contributed by atoms with van der Waals surface area (Å²) >= 11 is 0. The molecule has 2 unspecified atom stereocenters. The first-order chi connectivity index (χ1) is 14.6. The Labute approximate surface area is 177 Å². The van der Waals surface area contributed by atoms with Crippen molar-refractivity contribution in [3.8, 4) is 28.4 Å². The number of para-hydroxylation sites is 1. The molecule has 0 aliphatic carbocycles. The number of hydrogen-bond donors (Lipinski definition) is 2. The first-order valence-corrected chi connectivity index (χ1v) is 11.1. The van der Waals surface area contributed by atoms with Crippen LogP contribution in [0.4, 0.5) is 0 Å². The minimum atomic E-state index is -1.24. The van der Waals surface area contributed by atoms with Crippen LogP contribution in [-0.4, -0.2) is 10.2 Å². The van der Waals surface area contributed by atoms with Crippen molar-refractivity contribution in [2.75, 3.05) is 0 Å². The van der Waals surface area contributed by atoms with Gasteiger partial charge in [-0.3, -0.25) is 0 Å². The van der Waals surface area contributed by atoms with Gasteiger partial charge >= 0.3 is 0 Å². The van der Waals surface area contributed by atoms with Gasteiger partial charge < -0.3 is 14.7 Å². The zero-order valence-corrected chi connectivity index (χ0v) is 17.4. The molecule has 1 aliphatic rings. The summed E-state index contributed by atoms with van der Waals surface area (Å²) in [7, 11) is -1.24. The molecule has 2 atom stereocenters. The van der Waals surface area contributed by atoms with Crippen LogP contribution in [0.2, 0.25) is 0 Å². The predicted octanol–water partition coefficient (Wildman–Crippen LogP) is 6.14. The molecule has 148 valence electrons. The summed E-state index contributed by atoms with van der Waals surface area (Å²) in [6, 6.07) is 31.4. The van der Waals surface area contributed by atoms with Crippen molar-refractivity contribution in [3.63, 3.8) is 0 Å². The van der Waals surface area contributed by atoms with E-state index < -0.39 is 13.3 Å². The van der Waals surface area contributed by atoms with Gasteiger partial charge in [-0.15, -0.1) is 0 Å². The van der Waals surface area contributed by atoms with Crippen molar-refractivity contribution in [3.05, 3.63) is 108 Å². The van der Waals surface area contributed by atoms with Gasteiger partial charge in [0.2, 0.25) is 0 Å². The number of hydrogen-bond acceptors (Lipinski definition) is 3. The van der Waals surface area contributed by atoms with Crippen LogP contribution in [0.3, 0.4) is 0 Å². The fourth-order valence-electron chi connectivity index (χ4n) is 4.20. The van der Waals surface area contributed by atoms with Crippen molar-refractivity contribution in [1.29, 1.82) is 0 Å². The molecular formula is C26H21O3P. The standard InChI is InChI=1S/C26H21O3P/c1-26(18-9-3-2-4-10-18,22-16-15-19(27)17-23(22)28)30-25-14-8-6-12-21(25)20-11-5-7-13-24(20)29-30/h2-17,27-28H,1H3. The molecule has 30 heavy (non-hydrogen) atoms. The molecule has 1 aliphatic heterocycles. The summed E-state index contributed by atoms with van der Waals surface area (Å²) in [6.07, 6.45) is 0. The quantitative estimate of drug-likeness (QED) is 0.397. The van der Waals surface area contributed by atoms with Gasteiger partial charge in [0, 0.05) is 22.5 Å². The lowest BCUT2D eigenvalue weighted by Gasteiger charge is -2.41. The van der Waals surface area contributed by atoms with E-state index in [1.165, 1.54) is 6.07 Å². The SMILES string of the molecule is CC(c1ccccc1)(c1ccc(O)cc1O)P1Oc2ccccc2-c2ccccc21. The van der Waals surface area contributed by atoms with Crippen LogP contribution in [0.5, 0.6) is 17.2 Å². The Morgan fingerprint density at radius 3 is 2.17 bits per heavy atom. The Morgan fingerprint density at radius 2 is 1.40 bits per heavy atom. The highest BCUT2D eigenvalue weighted by Crippen LogP contribution is 2.64. The Bertz CT molecular complexity index is 1220. The van der Waals surface area contributed by atoms with Crippen molar-refractivity contribution in [2.24, 2.45) is 0 Å². The van der Waals surface area contributed by atoms with E-state index in [-0.39, 0.29) is 11.5 Å². The van der Waals surface area contributed by atoms with Crippen molar-refractivity contribution in [2.45, 2.75) is 12.1 Å². The summed E-state index contributed by atoms with van der Waals surface area (Å²) in [5, 5.41) is 21.2.